The maximum atomic E-state index is 12.8. The molecule has 0 radical (unpaired) electrons. The highest BCUT2D eigenvalue weighted by molar-refractivity contribution is 9.10. The minimum Gasteiger partial charge on any atom is -0.508 e. The first-order valence-electron chi connectivity index (χ1n) is 11.9. The molecular formula is C29H24BrN5O3. The van der Waals surface area contributed by atoms with E-state index in [-0.39, 0.29) is 17.6 Å². The van der Waals surface area contributed by atoms with Crippen LogP contribution in [-0.4, -0.2) is 26.0 Å². The number of benzene rings is 3. The van der Waals surface area contributed by atoms with Crippen LogP contribution in [0.2, 0.25) is 0 Å². The first-order chi connectivity index (χ1) is 18.4. The van der Waals surface area contributed by atoms with E-state index in [4.69, 9.17) is 4.74 Å². The molecule has 0 aliphatic heterocycles. The Morgan fingerprint density at radius 3 is 2.45 bits per heavy atom. The van der Waals surface area contributed by atoms with Crippen LogP contribution in [0.25, 0.3) is 11.0 Å². The van der Waals surface area contributed by atoms with Gasteiger partial charge in [-0.1, -0.05) is 29.8 Å². The molecular weight excluding hydrogens is 546 g/mol. The van der Waals surface area contributed by atoms with Gasteiger partial charge >= 0.3 is 0 Å². The van der Waals surface area contributed by atoms with Crippen molar-refractivity contribution in [3.05, 3.63) is 101 Å². The second-order valence-electron chi connectivity index (χ2n) is 8.88. The third-order valence-electron chi connectivity index (χ3n) is 5.77. The zero-order valence-corrected chi connectivity index (χ0v) is 22.2. The lowest BCUT2D eigenvalue weighted by molar-refractivity contribution is 0.102. The molecule has 0 atom stereocenters. The molecule has 0 aliphatic rings. The molecule has 9 heteroatoms. The number of nitrogens with zero attached hydrogens (tertiary/aromatic N) is 3. The molecule has 0 aliphatic carbocycles. The number of anilines is 3. The normalized spacial score (nSPS) is 10.9. The van der Waals surface area contributed by atoms with Gasteiger partial charge in [0.25, 0.3) is 5.91 Å². The molecule has 0 saturated carbocycles. The molecule has 3 N–H and O–H groups in total. The molecule has 38 heavy (non-hydrogen) atoms. The molecule has 2 aromatic heterocycles. The van der Waals surface area contributed by atoms with E-state index in [1.54, 1.807) is 54.6 Å². The number of hydrogen-bond acceptors (Lipinski definition) is 7. The fraction of sp³-hybridized carbons (Fsp3) is 0.103. The van der Waals surface area contributed by atoms with Crippen molar-refractivity contribution in [3.8, 4) is 17.2 Å². The number of hydrogen-bond donors (Lipinski definition) is 3. The number of rotatable bonds is 7. The first-order valence-corrected chi connectivity index (χ1v) is 12.7. The highest BCUT2D eigenvalue weighted by atomic mass is 79.9. The van der Waals surface area contributed by atoms with Crippen LogP contribution >= 0.6 is 15.9 Å². The summed E-state index contributed by atoms with van der Waals surface area (Å²) in [6, 6.07) is 22.7. The fourth-order valence-electron chi connectivity index (χ4n) is 3.75. The third kappa shape index (κ3) is 5.73. The summed E-state index contributed by atoms with van der Waals surface area (Å²) in [6.07, 6.45) is 1.46. The molecule has 1 amide bonds. The molecule has 0 unspecified atom stereocenters. The highest BCUT2D eigenvalue weighted by Crippen LogP contribution is 2.36. The summed E-state index contributed by atoms with van der Waals surface area (Å²) < 4.78 is 7.00. The Balaban J connectivity index is 1.50. The third-order valence-corrected chi connectivity index (χ3v) is 6.30. The second kappa shape index (κ2) is 10.9. The molecule has 0 spiro atoms. The van der Waals surface area contributed by atoms with Gasteiger partial charge in [0.1, 0.15) is 23.6 Å². The van der Waals surface area contributed by atoms with Crippen LogP contribution in [-0.2, 0) is 0 Å². The van der Waals surface area contributed by atoms with E-state index in [0.717, 1.165) is 15.6 Å². The Bertz CT molecular complexity index is 1610. The highest BCUT2D eigenvalue weighted by Gasteiger charge is 2.14. The zero-order valence-electron chi connectivity index (χ0n) is 20.6. The van der Waals surface area contributed by atoms with Crippen LogP contribution in [0, 0.1) is 0 Å². The van der Waals surface area contributed by atoms with Crippen LogP contribution in [0.4, 0.5) is 17.2 Å². The first kappa shape index (κ1) is 25.2. The quantitative estimate of drug-likeness (QED) is 0.187. The summed E-state index contributed by atoms with van der Waals surface area (Å²) in [4.78, 5) is 26.3. The van der Waals surface area contributed by atoms with Crippen molar-refractivity contribution in [3.63, 3.8) is 0 Å². The lowest BCUT2D eigenvalue weighted by Gasteiger charge is -2.16. The average molecular weight is 570 g/mol. The van der Waals surface area contributed by atoms with Crippen LogP contribution in [0.5, 0.6) is 17.2 Å². The SMILES string of the molecule is CC(C)c1ccc2c(Nc3cc(NC(=O)c4ccc(Br)cc4)ccc3Oc3ccc(O)cc3)ncnc2n1. The number of ether oxygens (including phenoxy) is 1. The summed E-state index contributed by atoms with van der Waals surface area (Å²) in [5, 5.41) is 16.6. The number of carbonyl (C=O) groups excluding carboxylic acids is 1. The van der Waals surface area contributed by atoms with Crippen molar-refractivity contribution < 1.29 is 14.6 Å². The molecule has 0 saturated heterocycles. The van der Waals surface area contributed by atoms with Gasteiger partial charge in [-0.3, -0.25) is 4.79 Å². The standard InChI is InChI=1S/C29H24BrN5O3/c1-17(2)24-13-12-23-27(34-24)31-16-32-28(23)35-25-15-20(33-29(37)18-3-5-19(30)6-4-18)7-14-26(25)38-22-10-8-21(36)9-11-22/h3-17,36H,1-2H3,(H,33,37)(H,31,32,34,35). The summed E-state index contributed by atoms with van der Waals surface area (Å²) in [7, 11) is 0. The van der Waals surface area contributed by atoms with E-state index in [1.807, 2.05) is 24.3 Å². The Labute approximate surface area is 227 Å². The minimum absolute atomic E-state index is 0.141. The average Bonchev–Trinajstić information content (AvgIpc) is 2.91. The van der Waals surface area contributed by atoms with Gasteiger partial charge in [0.05, 0.1) is 11.1 Å². The number of nitrogens with one attached hydrogen (secondary N) is 2. The van der Waals surface area contributed by atoms with Crippen molar-refractivity contribution in [1.29, 1.82) is 0 Å². The van der Waals surface area contributed by atoms with E-state index in [0.29, 0.717) is 39.9 Å². The molecule has 5 aromatic rings. The lowest BCUT2D eigenvalue weighted by Crippen LogP contribution is -2.12. The van der Waals surface area contributed by atoms with Gasteiger partial charge in [-0.2, -0.15) is 0 Å². The molecule has 2 heterocycles. The van der Waals surface area contributed by atoms with E-state index in [2.05, 4.69) is 55.4 Å². The number of phenols is 1. The number of fused-ring (bicyclic) bond motifs is 1. The van der Waals surface area contributed by atoms with Gasteiger partial charge < -0.3 is 20.5 Å². The van der Waals surface area contributed by atoms with Gasteiger partial charge in [-0.15, -0.1) is 0 Å². The smallest absolute Gasteiger partial charge is 0.255 e. The van der Waals surface area contributed by atoms with Crippen LogP contribution in [0.3, 0.4) is 0 Å². The lowest BCUT2D eigenvalue weighted by atomic mass is 10.1. The predicted octanol–water partition coefficient (Wildman–Crippen LogP) is 7.40. The molecule has 5 rings (SSSR count). The topological polar surface area (TPSA) is 109 Å². The van der Waals surface area contributed by atoms with E-state index in [9.17, 15) is 9.90 Å². The molecule has 8 nitrogen and oxygen atoms in total. The second-order valence-corrected chi connectivity index (χ2v) is 9.79. The maximum Gasteiger partial charge on any atom is 0.255 e. The molecule has 3 aromatic carbocycles. The largest absolute Gasteiger partial charge is 0.508 e. The predicted molar refractivity (Wildman–Crippen MR) is 151 cm³/mol. The van der Waals surface area contributed by atoms with E-state index >= 15 is 0 Å². The van der Waals surface area contributed by atoms with Crippen LogP contribution < -0.4 is 15.4 Å². The monoisotopic (exact) mass is 569 g/mol. The van der Waals surface area contributed by atoms with E-state index in [1.165, 1.54) is 6.33 Å². The van der Waals surface area contributed by atoms with Crippen molar-refractivity contribution >= 4 is 50.1 Å². The van der Waals surface area contributed by atoms with Gasteiger partial charge in [0, 0.05) is 21.4 Å². The molecule has 190 valence electrons. The van der Waals surface area contributed by atoms with Crippen molar-refractivity contribution in [2.45, 2.75) is 19.8 Å². The number of halogens is 1. The number of aromatic hydroxyl groups is 1. The Kier molecular flexibility index (Phi) is 7.19. The van der Waals surface area contributed by atoms with Gasteiger partial charge in [0.15, 0.2) is 11.4 Å². The Hall–Kier alpha value is -4.50. The van der Waals surface area contributed by atoms with Crippen molar-refractivity contribution in [2.75, 3.05) is 10.6 Å². The molecule has 0 fully saturated rings. The molecule has 0 bridgehead atoms. The van der Waals surface area contributed by atoms with Gasteiger partial charge in [-0.25, -0.2) is 15.0 Å². The van der Waals surface area contributed by atoms with Crippen molar-refractivity contribution in [1.82, 2.24) is 15.0 Å². The summed E-state index contributed by atoms with van der Waals surface area (Å²) in [6.45, 7) is 4.16. The van der Waals surface area contributed by atoms with Crippen LogP contribution in [0.1, 0.15) is 35.8 Å². The summed E-state index contributed by atoms with van der Waals surface area (Å²) in [5.41, 5.74) is 3.18. The van der Waals surface area contributed by atoms with Gasteiger partial charge in [-0.05, 0) is 84.8 Å². The van der Waals surface area contributed by atoms with Gasteiger partial charge in [0.2, 0.25) is 0 Å². The Morgan fingerprint density at radius 1 is 0.947 bits per heavy atom. The fourth-order valence-corrected chi connectivity index (χ4v) is 4.01. The maximum absolute atomic E-state index is 12.8. The Morgan fingerprint density at radius 2 is 1.71 bits per heavy atom. The summed E-state index contributed by atoms with van der Waals surface area (Å²) in [5.74, 6) is 1.74. The number of aromatic nitrogens is 3. The number of pyridine rings is 1. The number of carbonyl (C=O) groups is 1. The number of phenolic OH excluding ortho intramolecular Hbond substituents is 1. The zero-order chi connectivity index (χ0) is 26.6. The number of amides is 1. The van der Waals surface area contributed by atoms with E-state index < -0.39 is 0 Å². The van der Waals surface area contributed by atoms with Crippen LogP contribution in [0.15, 0.2) is 89.7 Å². The van der Waals surface area contributed by atoms with Crippen molar-refractivity contribution in [2.24, 2.45) is 0 Å². The summed E-state index contributed by atoms with van der Waals surface area (Å²) >= 11 is 3.39. The minimum atomic E-state index is -0.242.